The highest BCUT2D eigenvalue weighted by atomic mass is 19.1. The molecule has 2 aromatic carbocycles. The van der Waals surface area contributed by atoms with Gasteiger partial charge in [-0.25, -0.2) is 4.39 Å². The highest BCUT2D eigenvalue weighted by Gasteiger charge is 2.58. The summed E-state index contributed by atoms with van der Waals surface area (Å²) in [6.07, 6.45) is 5.10. The van der Waals surface area contributed by atoms with Crippen molar-refractivity contribution in [3.8, 4) is 22.4 Å². The topological polar surface area (TPSA) is 70.8 Å². The molecule has 4 aliphatic rings. The van der Waals surface area contributed by atoms with Gasteiger partial charge in [-0.15, -0.1) is 0 Å². The fraction of sp³-hybridized carbons (Fsp3) is 0.400. The van der Waals surface area contributed by atoms with E-state index in [0.717, 1.165) is 35.2 Å². The molecule has 0 radical (unpaired) electrons. The molecule has 0 unspecified atom stereocenters. The molecule has 2 amide bonds. The second kappa shape index (κ2) is 8.09. The third kappa shape index (κ3) is 3.68. The first-order valence-corrected chi connectivity index (χ1v) is 13.4. The average Bonchev–Trinajstić information content (AvgIpc) is 3.78. The van der Waals surface area contributed by atoms with Crippen molar-refractivity contribution in [1.82, 2.24) is 19.6 Å². The Morgan fingerprint density at radius 1 is 1.00 bits per heavy atom. The minimum absolute atomic E-state index is 0.0272. The number of carbonyl (C=O) groups excluding carboxylic acids is 2. The predicted molar refractivity (Wildman–Crippen MR) is 142 cm³/mol. The highest BCUT2D eigenvalue weighted by Crippen LogP contribution is 2.48. The molecular formula is C30H30FN5O2. The molecule has 38 heavy (non-hydrogen) atoms. The molecule has 7 nitrogen and oxygen atoms in total. The highest BCUT2D eigenvalue weighted by molar-refractivity contribution is 6.16. The maximum Gasteiger partial charge on any atom is 0.256 e. The van der Waals surface area contributed by atoms with E-state index in [2.05, 4.69) is 5.10 Å². The summed E-state index contributed by atoms with van der Waals surface area (Å²) in [4.78, 5) is 34.2. The number of aliphatic imine (C=N–C) groups is 1. The molecule has 8 heteroatoms. The van der Waals surface area contributed by atoms with Crippen molar-refractivity contribution in [1.29, 1.82) is 0 Å². The van der Waals surface area contributed by atoms with E-state index in [1.165, 1.54) is 6.07 Å². The van der Waals surface area contributed by atoms with Crippen LogP contribution in [-0.4, -0.2) is 62.4 Å². The Bertz CT molecular complexity index is 1490. The molecular weight excluding hydrogens is 481 g/mol. The number of aryl methyl sites for hydroxylation is 1. The molecule has 0 N–H and O–H groups in total. The zero-order valence-corrected chi connectivity index (χ0v) is 21.7. The third-order valence-electron chi connectivity index (χ3n) is 8.69. The molecule has 3 aromatic rings. The first-order chi connectivity index (χ1) is 18.3. The number of hydrogen-bond acceptors (Lipinski definition) is 4. The van der Waals surface area contributed by atoms with Crippen molar-refractivity contribution in [3.05, 3.63) is 66.1 Å². The van der Waals surface area contributed by atoms with Crippen LogP contribution < -0.4 is 0 Å². The number of carbonyl (C=O) groups is 2. The molecule has 194 valence electrons. The number of halogens is 1. The van der Waals surface area contributed by atoms with Crippen molar-refractivity contribution in [2.24, 2.45) is 23.4 Å². The average molecular weight is 512 g/mol. The van der Waals surface area contributed by atoms with Gasteiger partial charge in [0.05, 0.1) is 11.3 Å². The van der Waals surface area contributed by atoms with E-state index in [-0.39, 0.29) is 29.0 Å². The Morgan fingerprint density at radius 3 is 2.29 bits per heavy atom. The summed E-state index contributed by atoms with van der Waals surface area (Å²) in [7, 11) is 1.90. The van der Waals surface area contributed by atoms with E-state index in [0.29, 0.717) is 43.9 Å². The van der Waals surface area contributed by atoms with Crippen LogP contribution in [0.1, 0.15) is 38.2 Å². The summed E-state index contributed by atoms with van der Waals surface area (Å²) in [5.74, 6) is 0.427. The van der Waals surface area contributed by atoms with Crippen LogP contribution in [0.2, 0.25) is 0 Å². The fourth-order valence-electron chi connectivity index (χ4n) is 5.74. The van der Waals surface area contributed by atoms with Gasteiger partial charge in [-0.1, -0.05) is 37.3 Å². The molecule has 2 aliphatic carbocycles. The van der Waals surface area contributed by atoms with Crippen LogP contribution in [0.3, 0.4) is 0 Å². The third-order valence-corrected chi connectivity index (χ3v) is 8.69. The van der Waals surface area contributed by atoms with Gasteiger partial charge < -0.3 is 4.90 Å². The Labute approximate surface area is 221 Å². The molecule has 3 fully saturated rings. The van der Waals surface area contributed by atoms with Gasteiger partial charge >= 0.3 is 0 Å². The lowest BCUT2D eigenvalue weighted by atomic mass is 9.95. The van der Waals surface area contributed by atoms with Crippen molar-refractivity contribution >= 4 is 17.6 Å². The summed E-state index contributed by atoms with van der Waals surface area (Å²) < 4.78 is 17.4. The first-order valence-electron chi connectivity index (χ1n) is 13.4. The molecule has 1 aromatic heterocycles. The van der Waals surface area contributed by atoms with E-state index in [4.69, 9.17) is 4.99 Å². The van der Waals surface area contributed by atoms with Gasteiger partial charge in [-0.2, -0.15) is 5.10 Å². The summed E-state index contributed by atoms with van der Waals surface area (Å²) in [5, 5.41) is 4.22. The van der Waals surface area contributed by atoms with E-state index in [9.17, 15) is 9.59 Å². The van der Waals surface area contributed by atoms with Crippen molar-refractivity contribution in [2.45, 2.75) is 38.1 Å². The molecule has 2 aliphatic heterocycles. The lowest BCUT2D eigenvalue weighted by molar-refractivity contribution is -0.143. The normalized spacial score (nSPS) is 21.0. The van der Waals surface area contributed by atoms with E-state index < -0.39 is 5.54 Å². The summed E-state index contributed by atoms with van der Waals surface area (Å²) in [6.45, 7) is 3.79. The summed E-state index contributed by atoms with van der Waals surface area (Å²) in [5.41, 5.74) is 3.20. The van der Waals surface area contributed by atoms with E-state index >= 15 is 4.39 Å². The van der Waals surface area contributed by atoms with Gasteiger partial charge in [0, 0.05) is 44.2 Å². The largest absolute Gasteiger partial charge is 0.341 e. The van der Waals surface area contributed by atoms with Crippen LogP contribution in [0.15, 0.2) is 59.7 Å². The van der Waals surface area contributed by atoms with Crippen LogP contribution in [0.5, 0.6) is 0 Å². The molecule has 1 saturated heterocycles. The van der Waals surface area contributed by atoms with E-state index in [1.54, 1.807) is 17.2 Å². The number of amides is 2. The second-order valence-corrected chi connectivity index (χ2v) is 11.6. The van der Waals surface area contributed by atoms with E-state index in [1.807, 2.05) is 60.0 Å². The number of aromatic nitrogens is 2. The second-order valence-electron chi connectivity index (χ2n) is 11.6. The maximum atomic E-state index is 15.6. The number of benzene rings is 2. The minimum atomic E-state index is -0.706. The molecule has 0 atom stereocenters. The predicted octanol–water partition coefficient (Wildman–Crippen LogP) is 4.27. The van der Waals surface area contributed by atoms with Crippen molar-refractivity contribution < 1.29 is 14.0 Å². The zero-order valence-electron chi connectivity index (χ0n) is 21.7. The molecule has 0 bridgehead atoms. The number of nitrogens with zero attached hydrogens (tertiary/aromatic N) is 5. The van der Waals surface area contributed by atoms with Gasteiger partial charge in [-0.05, 0) is 60.6 Å². The van der Waals surface area contributed by atoms with Gasteiger partial charge in [-0.3, -0.25) is 24.2 Å². The Morgan fingerprint density at radius 2 is 1.68 bits per heavy atom. The maximum absolute atomic E-state index is 15.6. The first kappa shape index (κ1) is 23.3. The quantitative estimate of drug-likeness (QED) is 0.496. The standard InChI is InChI=1S/C30H30FN5O2/c1-29(10-11-29)27(37)35-16-19(17-35)18-36-26(33-30(12-13-30)28(36)38)23-8-7-22(15-24(23)31)20-3-5-21(6-4-20)25-9-14-32-34(25)2/h3-9,14-15,19H,10-13,16-18H2,1-2H3. The Kier molecular flexibility index (Phi) is 4.97. The van der Waals surface area contributed by atoms with Crippen LogP contribution in [-0.2, 0) is 16.6 Å². The lowest BCUT2D eigenvalue weighted by Gasteiger charge is -2.42. The lowest BCUT2D eigenvalue weighted by Crippen LogP contribution is -2.56. The van der Waals surface area contributed by atoms with Crippen LogP contribution in [0.4, 0.5) is 4.39 Å². The minimum Gasteiger partial charge on any atom is -0.341 e. The molecule has 3 heterocycles. The molecule has 7 rings (SSSR count). The molecule has 2 saturated carbocycles. The van der Waals surface area contributed by atoms with Crippen LogP contribution >= 0.6 is 0 Å². The van der Waals surface area contributed by atoms with Crippen molar-refractivity contribution in [2.75, 3.05) is 19.6 Å². The van der Waals surface area contributed by atoms with Gasteiger partial charge in [0.15, 0.2) is 0 Å². The fourth-order valence-corrected chi connectivity index (χ4v) is 5.74. The number of hydrogen-bond donors (Lipinski definition) is 0. The van der Waals surface area contributed by atoms with Gasteiger partial charge in [0.1, 0.15) is 17.2 Å². The number of amidine groups is 1. The van der Waals surface area contributed by atoms with Crippen LogP contribution in [0, 0.1) is 17.2 Å². The van der Waals surface area contributed by atoms with Crippen molar-refractivity contribution in [3.63, 3.8) is 0 Å². The monoisotopic (exact) mass is 511 g/mol. The smallest absolute Gasteiger partial charge is 0.256 e. The zero-order chi connectivity index (χ0) is 26.2. The molecule has 1 spiro atoms. The Balaban J connectivity index is 1.10. The summed E-state index contributed by atoms with van der Waals surface area (Å²) in [6, 6.07) is 15.1. The van der Waals surface area contributed by atoms with Crippen LogP contribution in [0.25, 0.3) is 22.4 Å². The van der Waals surface area contributed by atoms with Gasteiger partial charge in [0.2, 0.25) is 5.91 Å². The Hall–Kier alpha value is -3.81. The summed E-state index contributed by atoms with van der Waals surface area (Å²) >= 11 is 0. The SMILES string of the molecule is Cn1nccc1-c1ccc(-c2ccc(C3=NC4(CC4)C(=O)N3CC3CN(C(=O)C4(C)CC4)C3)c(F)c2)cc1. The number of likely N-dealkylation sites (tertiary alicyclic amines) is 1. The number of rotatable bonds is 6. The van der Waals surface area contributed by atoms with Gasteiger partial charge in [0.25, 0.3) is 5.91 Å².